The van der Waals surface area contributed by atoms with Crippen molar-refractivity contribution >= 4 is 46.8 Å². The number of unbranched alkanes of at least 4 members (excludes halogenated alkanes) is 3. The molecular formula is C53H61F4N9O7. The topological polar surface area (TPSA) is 188 Å². The third kappa shape index (κ3) is 12.2. The van der Waals surface area contributed by atoms with Crippen LogP contribution in [0.2, 0.25) is 0 Å². The first-order valence-electron chi connectivity index (χ1n) is 24.9. The van der Waals surface area contributed by atoms with Gasteiger partial charge in [-0.05, 0) is 93.6 Å². The van der Waals surface area contributed by atoms with Crippen molar-refractivity contribution in [3.05, 3.63) is 116 Å². The predicted molar refractivity (Wildman–Crippen MR) is 265 cm³/mol. The Kier molecular flexibility index (Phi) is 16.2. The lowest BCUT2D eigenvalue weighted by Crippen LogP contribution is -2.55. The van der Waals surface area contributed by atoms with Gasteiger partial charge in [0.15, 0.2) is 0 Å². The van der Waals surface area contributed by atoms with Crippen LogP contribution in [0.15, 0.2) is 71.7 Å². The summed E-state index contributed by atoms with van der Waals surface area (Å²) in [7, 11) is 2.02. The fourth-order valence-electron chi connectivity index (χ4n) is 10.3. The Morgan fingerprint density at radius 3 is 2.27 bits per heavy atom. The van der Waals surface area contributed by atoms with E-state index < -0.39 is 64.3 Å². The Bertz CT molecular complexity index is 2820. The number of benzene rings is 3. The largest absolute Gasteiger partial charge is 0.417 e. The smallest absolute Gasteiger partial charge is 0.367 e. The number of hydrogen-bond acceptors (Lipinski definition) is 11. The summed E-state index contributed by atoms with van der Waals surface area (Å²) in [6, 6.07) is 14.6. The number of aromatic nitrogens is 1. The first-order valence-corrected chi connectivity index (χ1v) is 24.9. The number of nitrogens with one attached hydrogen (secondary N) is 4. The molecule has 73 heavy (non-hydrogen) atoms. The molecule has 20 heteroatoms. The third-order valence-electron chi connectivity index (χ3n) is 14.5. The second-order valence-electron chi connectivity index (χ2n) is 19.6. The number of aryl methyl sites for hydroxylation is 1. The molecule has 4 aliphatic heterocycles. The minimum Gasteiger partial charge on any atom is -0.367 e. The Morgan fingerprint density at radius 2 is 1.55 bits per heavy atom. The number of piperidine rings is 1. The molecule has 0 radical (unpaired) electrons. The van der Waals surface area contributed by atoms with Crippen molar-refractivity contribution in [3.8, 4) is 11.1 Å². The van der Waals surface area contributed by atoms with Gasteiger partial charge in [0.05, 0.1) is 33.6 Å². The van der Waals surface area contributed by atoms with Gasteiger partial charge in [-0.3, -0.25) is 58.5 Å². The van der Waals surface area contributed by atoms with Crippen molar-refractivity contribution < 1.29 is 46.3 Å². The van der Waals surface area contributed by atoms with Crippen LogP contribution in [-0.2, 0) is 33.5 Å². The number of imide groups is 2. The van der Waals surface area contributed by atoms with Crippen LogP contribution < -0.4 is 26.4 Å². The highest BCUT2D eigenvalue weighted by Gasteiger charge is 2.45. The Morgan fingerprint density at radius 1 is 0.822 bits per heavy atom. The molecule has 8 rings (SSSR count). The van der Waals surface area contributed by atoms with E-state index in [2.05, 4.69) is 54.4 Å². The van der Waals surface area contributed by atoms with Crippen LogP contribution in [0.25, 0.3) is 11.1 Å². The molecular weight excluding hydrogens is 951 g/mol. The van der Waals surface area contributed by atoms with Crippen molar-refractivity contribution in [1.29, 1.82) is 0 Å². The van der Waals surface area contributed by atoms with Crippen molar-refractivity contribution in [2.45, 2.75) is 96.1 Å². The van der Waals surface area contributed by atoms with Gasteiger partial charge in [-0.15, -0.1) is 0 Å². The SMILES string of the molecule is C[C@@H]1CN(c2ccc(-c3cc(CN4CCN(CCNC(=O)CCCCCCc5cccc6c5C(=O)N(C5CCC(=O)NC5=O)C6=O)CC4)ccc3F)cc2NC(=O)c2c[nH]c(=O)cc2C(F)(F)F)C[C@H](C)N1C. The van der Waals surface area contributed by atoms with Gasteiger partial charge in [-0.1, -0.05) is 37.1 Å². The molecule has 0 saturated carbocycles. The summed E-state index contributed by atoms with van der Waals surface area (Å²) in [6.07, 6.45) is -0.0322. The summed E-state index contributed by atoms with van der Waals surface area (Å²) in [4.78, 5) is 101. The number of rotatable bonds is 17. The number of likely N-dealkylation sites (N-methyl/N-ethyl adjacent to an activating group) is 1. The van der Waals surface area contributed by atoms with Gasteiger partial charge in [0.1, 0.15) is 11.9 Å². The predicted octanol–water partition coefficient (Wildman–Crippen LogP) is 5.81. The van der Waals surface area contributed by atoms with E-state index in [-0.39, 0.29) is 47.6 Å². The molecule has 4 aliphatic rings. The average molecular weight is 1010 g/mol. The summed E-state index contributed by atoms with van der Waals surface area (Å²) < 4.78 is 57.7. The number of carbonyl (C=O) groups excluding carboxylic acids is 6. The number of amides is 6. The van der Waals surface area contributed by atoms with Crippen molar-refractivity contribution in [1.82, 2.24) is 35.2 Å². The molecule has 3 atom stereocenters. The second kappa shape index (κ2) is 22.6. The summed E-state index contributed by atoms with van der Waals surface area (Å²) >= 11 is 0. The molecule has 5 heterocycles. The van der Waals surface area contributed by atoms with Crippen molar-refractivity contribution in [2.24, 2.45) is 0 Å². The first-order chi connectivity index (χ1) is 34.9. The van der Waals surface area contributed by atoms with Crippen molar-refractivity contribution in [2.75, 3.05) is 69.6 Å². The fourth-order valence-corrected chi connectivity index (χ4v) is 10.3. The average Bonchev–Trinajstić information content (AvgIpc) is 3.60. The lowest BCUT2D eigenvalue weighted by Gasteiger charge is -2.44. The molecule has 4 aromatic rings. The van der Waals surface area contributed by atoms with Crippen LogP contribution in [-0.4, -0.2) is 138 Å². The molecule has 1 aromatic heterocycles. The molecule has 16 nitrogen and oxygen atoms in total. The zero-order chi connectivity index (χ0) is 52.1. The van der Waals surface area contributed by atoms with E-state index in [0.29, 0.717) is 74.9 Å². The molecule has 6 amide bonds. The highest BCUT2D eigenvalue weighted by molar-refractivity contribution is 6.24. The molecule has 0 aliphatic carbocycles. The number of piperazine rings is 2. The van der Waals surface area contributed by atoms with Gasteiger partial charge in [-0.25, -0.2) is 4.39 Å². The van der Waals surface area contributed by atoms with Gasteiger partial charge in [-0.2, -0.15) is 13.2 Å². The van der Waals surface area contributed by atoms with E-state index in [1.165, 1.54) is 6.07 Å². The Hall–Kier alpha value is -6.77. The summed E-state index contributed by atoms with van der Waals surface area (Å²) in [5.41, 5.74) is 0.509. The minimum atomic E-state index is -4.97. The number of nitrogens with zero attached hydrogens (tertiary/aromatic N) is 5. The zero-order valence-electron chi connectivity index (χ0n) is 41.2. The Labute approximate surface area is 420 Å². The second-order valence-corrected chi connectivity index (χ2v) is 19.6. The quantitative estimate of drug-likeness (QED) is 0.0569. The van der Waals surface area contributed by atoms with E-state index in [1.54, 1.807) is 42.5 Å². The third-order valence-corrected chi connectivity index (χ3v) is 14.5. The molecule has 3 fully saturated rings. The van der Waals surface area contributed by atoms with Crippen LogP contribution in [0.3, 0.4) is 0 Å². The molecule has 4 N–H and O–H groups in total. The molecule has 3 aromatic carbocycles. The number of alkyl halides is 3. The summed E-state index contributed by atoms with van der Waals surface area (Å²) in [5.74, 6) is -3.71. The number of H-pyrrole nitrogens is 1. The van der Waals surface area contributed by atoms with E-state index in [0.717, 1.165) is 67.7 Å². The standard InChI is InChI=1S/C53H61F4N9O7/c1-32-29-65(30-33(2)62(32)3)43-16-14-36(26-42(43)60-49(70)39-28-59-47(69)27-40(39)53(55,56)57)38-25-34(13-15-41(38)54)31-64-23-21-63(22-24-64)20-19-58-45(67)12-7-5-4-6-9-35-10-8-11-37-48(35)52(73)66(51(37)72)44-17-18-46(68)61-50(44)71/h8,10-11,13-16,25-28,32-33,44H,4-7,9,12,17-24,29-31H2,1-3H3,(H,58,67)(H,59,69)(H,60,70)(H,61,68,71)/t32-,33+,44?. The van der Waals surface area contributed by atoms with E-state index >= 15 is 4.39 Å². The van der Waals surface area contributed by atoms with Crippen LogP contribution in [0, 0.1) is 5.82 Å². The van der Waals surface area contributed by atoms with Crippen LogP contribution >= 0.6 is 0 Å². The van der Waals surface area contributed by atoms with Crippen LogP contribution in [0.1, 0.15) is 107 Å². The first kappa shape index (κ1) is 52.5. The molecule has 1 unspecified atom stereocenters. The van der Waals surface area contributed by atoms with Crippen molar-refractivity contribution in [3.63, 3.8) is 0 Å². The lowest BCUT2D eigenvalue weighted by atomic mass is 9.97. The number of carbonyl (C=O) groups is 6. The molecule has 0 spiro atoms. The molecule has 0 bridgehead atoms. The van der Waals surface area contributed by atoms with Crippen LogP contribution in [0.4, 0.5) is 28.9 Å². The van der Waals surface area contributed by atoms with Crippen LogP contribution in [0.5, 0.6) is 0 Å². The van der Waals surface area contributed by atoms with Gasteiger partial charge >= 0.3 is 6.18 Å². The van der Waals surface area contributed by atoms with E-state index in [1.807, 2.05) is 13.1 Å². The number of hydrogen-bond donors (Lipinski definition) is 4. The minimum absolute atomic E-state index is 0.0266. The number of fused-ring (bicyclic) bond motifs is 1. The molecule has 3 saturated heterocycles. The normalized spacial score (nSPS) is 20.1. The number of pyridine rings is 1. The number of anilines is 2. The zero-order valence-corrected chi connectivity index (χ0v) is 41.2. The number of halogens is 4. The van der Waals surface area contributed by atoms with E-state index in [9.17, 15) is 46.7 Å². The maximum absolute atomic E-state index is 15.7. The Balaban J connectivity index is 0.793. The fraction of sp³-hybridized carbons (Fsp3) is 0.453. The van der Waals surface area contributed by atoms with E-state index in [4.69, 9.17) is 0 Å². The maximum Gasteiger partial charge on any atom is 0.417 e. The lowest BCUT2D eigenvalue weighted by molar-refractivity contribution is -0.138. The van der Waals surface area contributed by atoms with Gasteiger partial charge in [0.2, 0.25) is 23.3 Å². The summed E-state index contributed by atoms with van der Waals surface area (Å²) in [6.45, 7) is 10.00. The monoisotopic (exact) mass is 1010 g/mol. The number of aromatic amines is 1. The molecule has 388 valence electrons. The van der Waals surface area contributed by atoms with Gasteiger partial charge < -0.3 is 20.5 Å². The maximum atomic E-state index is 15.7. The van der Waals surface area contributed by atoms with Gasteiger partial charge in [0.25, 0.3) is 17.7 Å². The van der Waals surface area contributed by atoms with Gasteiger partial charge in [0, 0.05) is 102 Å². The highest BCUT2D eigenvalue weighted by Crippen LogP contribution is 2.37. The highest BCUT2D eigenvalue weighted by atomic mass is 19.4. The summed E-state index contributed by atoms with van der Waals surface area (Å²) in [5, 5.41) is 7.90.